The summed E-state index contributed by atoms with van der Waals surface area (Å²) in [5.41, 5.74) is 3.09. The van der Waals surface area contributed by atoms with Gasteiger partial charge in [-0.3, -0.25) is 0 Å². The molecule has 0 atom stereocenters. The molecule has 0 aliphatic carbocycles. The fraction of sp³-hybridized carbons (Fsp3) is 0.0588. The van der Waals surface area contributed by atoms with Gasteiger partial charge in [0.25, 0.3) is 0 Å². The Morgan fingerprint density at radius 1 is 1.14 bits per heavy atom. The number of carbonyl (C=O) groups excluding carboxylic acids is 1. The second-order valence-electron chi connectivity index (χ2n) is 4.71. The van der Waals surface area contributed by atoms with Gasteiger partial charge in [0.1, 0.15) is 0 Å². The highest BCUT2D eigenvalue weighted by molar-refractivity contribution is 9.10. The average Bonchev–Trinajstić information content (AvgIpc) is 2.84. The number of hydrogen-bond acceptors (Lipinski definition) is 3. The van der Waals surface area contributed by atoms with E-state index in [0.717, 1.165) is 21.2 Å². The zero-order chi connectivity index (χ0) is 14.8. The summed E-state index contributed by atoms with van der Waals surface area (Å²) in [5.74, 6) is -0.0767. The Bertz CT molecular complexity index is 764. The average molecular weight is 342 g/mol. The van der Waals surface area contributed by atoms with Gasteiger partial charge < -0.3 is 4.74 Å². The Kier molecular flexibility index (Phi) is 3.71. The number of carbonyl (C=O) groups is 1. The highest BCUT2D eigenvalue weighted by atomic mass is 79.9. The molecule has 0 bridgehead atoms. The first kappa shape index (κ1) is 13.8. The number of halogens is 1. The van der Waals surface area contributed by atoms with Gasteiger partial charge in [0, 0.05) is 10.0 Å². The first-order valence-electron chi connectivity index (χ1n) is 6.47. The van der Waals surface area contributed by atoms with Crippen LogP contribution in [0.5, 0.6) is 0 Å². The molecule has 21 heavy (non-hydrogen) atoms. The fourth-order valence-corrected chi connectivity index (χ4v) is 2.26. The van der Waals surface area contributed by atoms with Crippen LogP contribution >= 0.6 is 15.9 Å². The third kappa shape index (κ3) is 2.95. The smallest absolute Gasteiger partial charge is 0.363 e. The van der Waals surface area contributed by atoms with Gasteiger partial charge >= 0.3 is 5.97 Å². The number of aryl methyl sites for hydroxylation is 1. The van der Waals surface area contributed by atoms with Crippen molar-refractivity contribution in [1.29, 1.82) is 0 Å². The van der Waals surface area contributed by atoms with Crippen LogP contribution in [-0.4, -0.2) is 11.9 Å². The third-order valence-corrected chi connectivity index (χ3v) is 4.02. The van der Waals surface area contributed by atoms with Gasteiger partial charge in [-0.1, -0.05) is 46.3 Å². The summed E-state index contributed by atoms with van der Waals surface area (Å²) < 4.78 is 6.26. The van der Waals surface area contributed by atoms with Gasteiger partial charge in [-0.25, -0.2) is 9.79 Å². The van der Waals surface area contributed by atoms with Crippen LogP contribution in [-0.2, 0) is 9.53 Å². The van der Waals surface area contributed by atoms with Crippen molar-refractivity contribution in [2.75, 3.05) is 0 Å². The zero-order valence-corrected chi connectivity index (χ0v) is 12.9. The topological polar surface area (TPSA) is 38.7 Å². The van der Waals surface area contributed by atoms with Crippen LogP contribution in [0.25, 0.3) is 6.08 Å². The summed E-state index contributed by atoms with van der Waals surface area (Å²) in [6.07, 6.45) is 1.72. The molecule has 0 N–H and O–H groups in total. The van der Waals surface area contributed by atoms with E-state index in [1.807, 2.05) is 55.5 Å². The molecule has 1 aliphatic rings. The number of hydrogen-bond donors (Lipinski definition) is 0. The molecule has 4 heteroatoms. The Hall–Kier alpha value is -2.20. The van der Waals surface area contributed by atoms with E-state index in [1.54, 1.807) is 6.08 Å². The standard InChI is InChI=1S/C17H12BrNO2/c1-11-9-13(7-8-14(11)18)16-19-15(17(20)21-16)10-12-5-3-2-4-6-12/h2-10H,1H3. The van der Waals surface area contributed by atoms with Gasteiger partial charge in [-0.05, 0) is 42.3 Å². The Morgan fingerprint density at radius 2 is 1.90 bits per heavy atom. The number of nitrogens with zero attached hydrogens (tertiary/aromatic N) is 1. The Morgan fingerprint density at radius 3 is 2.62 bits per heavy atom. The Balaban J connectivity index is 1.95. The second-order valence-corrected chi connectivity index (χ2v) is 5.57. The number of cyclic esters (lactones) is 1. The lowest BCUT2D eigenvalue weighted by Gasteiger charge is -2.02. The van der Waals surface area contributed by atoms with E-state index in [4.69, 9.17) is 4.74 Å². The highest BCUT2D eigenvalue weighted by Gasteiger charge is 2.24. The summed E-state index contributed by atoms with van der Waals surface area (Å²) in [5, 5.41) is 0. The minimum absolute atomic E-state index is 0.316. The molecule has 0 saturated carbocycles. The number of esters is 1. The molecule has 1 heterocycles. The van der Waals surface area contributed by atoms with Gasteiger partial charge in [0.2, 0.25) is 5.90 Å². The minimum Gasteiger partial charge on any atom is -0.402 e. The molecule has 3 rings (SSSR count). The maximum Gasteiger partial charge on any atom is 0.363 e. The maximum absolute atomic E-state index is 11.9. The monoisotopic (exact) mass is 341 g/mol. The summed E-state index contributed by atoms with van der Waals surface area (Å²) >= 11 is 3.45. The lowest BCUT2D eigenvalue weighted by Crippen LogP contribution is -2.05. The van der Waals surface area contributed by atoms with Crippen LogP contribution in [0.4, 0.5) is 0 Å². The number of rotatable bonds is 2. The molecule has 0 radical (unpaired) electrons. The van der Waals surface area contributed by atoms with E-state index < -0.39 is 5.97 Å². The second kappa shape index (κ2) is 5.66. The highest BCUT2D eigenvalue weighted by Crippen LogP contribution is 2.22. The first-order chi connectivity index (χ1) is 10.1. The van der Waals surface area contributed by atoms with Crippen molar-refractivity contribution >= 4 is 33.9 Å². The summed E-state index contributed by atoms with van der Waals surface area (Å²) in [4.78, 5) is 16.2. The lowest BCUT2D eigenvalue weighted by molar-refractivity contribution is -0.129. The van der Waals surface area contributed by atoms with E-state index in [2.05, 4.69) is 20.9 Å². The van der Waals surface area contributed by atoms with E-state index in [1.165, 1.54) is 0 Å². The van der Waals surface area contributed by atoms with Crippen molar-refractivity contribution in [3.63, 3.8) is 0 Å². The number of benzene rings is 2. The summed E-state index contributed by atoms with van der Waals surface area (Å²) in [6, 6.07) is 15.3. The molecule has 3 nitrogen and oxygen atoms in total. The molecular weight excluding hydrogens is 330 g/mol. The molecule has 104 valence electrons. The summed E-state index contributed by atoms with van der Waals surface area (Å²) in [6.45, 7) is 1.98. The van der Waals surface area contributed by atoms with Crippen molar-refractivity contribution in [2.45, 2.75) is 6.92 Å². The van der Waals surface area contributed by atoms with Crippen LogP contribution in [0.15, 0.2) is 63.7 Å². The molecule has 0 spiro atoms. The van der Waals surface area contributed by atoms with Crippen molar-refractivity contribution < 1.29 is 9.53 Å². The summed E-state index contributed by atoms with van der Waals surface area (Å²) in [7, 11) is 0. The van der Waals surface area contributed by atoms with Crippen molar-refractivity contribution in [3.8, 4) is 0 Å². The zero-order valence-electron chi connectivity index (χ0n) is 11.3. The third-order valence-electron chi connectivity index (χ3n) is 3.13. The van der Waals surface area contributed by atoms with Gasteiger partial charge in [-0.15, -0.1) is 0 Å². The quantitative estimate of drug-likeness (QED) is 0.609. The maximum atomic E-state index is 11.9. The first-order valence-corrected chi connectivity index (χ1v) is 7.27. The van der Waals surface area contributed by atoms with Crippen LogP contribution in [0, 0.1) is 6.92 Å². The molecule has 2 aromatic carbocycles. The lowest BCUT2D eigenvalue weighted by atomic mass is 10.1. The van der Waals surface area contributed by atoms with E-state index in [0.29, 0.717) is 11.6 Å². The van der Waals surface area contributed by atoms with Crippen LogP contribution in [0.2, 0.25) is 0 Å². The molecular formula is C17H12BrNO2. The van der Waals surface area contributed by atoms with Crippen molar-refractivity contribution in [1.82, 2.24) is 0 Å². The molecule has 1 aliphatic heterocycles. The predicted molar refractivity (Wildman–Crippen MR) is 85.9 cm³/mol. The molecule has 2 aromatic rings. The Labute approximate surface area is 131 Å². The van der Waals surface area contributed by atoms with Crippen molar-refractivity contribution in [3.05, 3.63) is 75.4 Å². The normalized spacial score (nSPS) is 16.0. The molecule has 0 unspecified atom stereocenters. The van der Waals surface area contributed by atoms with Crippen LogP contribution in [0.1, 0.15) is 16.7 Å². The SMILES string of the molecule is Cc1cc(C2=NC(=Cc3ccccc3)C(=O)O2)ccc1Br. The number of ether oxygens (including phenoxy) is 1. The van der Waals surface area contributed by atoms with Crippen LogP contribution < -0.4 is 0 Å². The largest absolute Gasteiger partial charge is 0.402 e. The predicted octanol–water partition coefficient (Wildman–Crippen LogP) is 4.10. The van der Waals surface area contributed by atoms with Crippen LogP contribution in [0.3, 0.4) is 0 Å². The molecule has 0 saturated heterocycles. The van der Waals surface area contributed by atoms with E-state index >= 15 is 0 Å². The van der Waals surface area contributed by atoms with E-state index in [9.17, 15) is 4.79 Å². The minimum atomic E-state index is -0.422. The molecule has 0 amide bonds. The van der Waals surface area contributed by atoms with Gasteiger partial charge in [0.15, 0.2) is 5.70 Å². The fourth-order valence-electron chi connectivity index (χ4n) is 2.02. The molecule has 0 aromatic heterocycles. The van der Waals surface area contributed by atoms with Gasteiger partial charge in [0.05, 0.1) is 0 Å². The van der Waals surface area contributed by atoms with Crippen molar-refractivity contribution in [2.24, 2.45) is 4.99 Å². The van der Waals surface area contributed by atoms with Gasteiger partial charge in [-0.2, -0.15) is 0 Å². The van der Waals surface area contributed by atoms with E-state index in [-0.39, 0.29) is 0 Å². The number of aliphatic imine (C=N–C) groups is 1. The molecule has 0 fully saturated rings.